The first kappa shape index (κ1) is 27.7. The Labute approximate surface area is 207 Å². The Hall–Kier alpha value is -3.55. The molecule has 0 fully saturated rings. The van der Waals surface area contributed by atoms with E-state index in [1.54, 1.807) is 46.8 Å². The molecule has 0 aliphatic carbocycles. The van der Waals surface area contributed by atoms with Gasteiger partial charge in [0.25, 0.3) is 0 Å². The number of nitrogens with one attached hydrogen (secondary N) is 2. The van der Waals surface area contributed by atoms with E-state index in [1.807, 2.05) is 44.2 Å². The third kappa shape index (κ3) is 8.02. The highest BCUT2D eigenvalue weighted by Crippen LogP contribution is 2.28. The maximum atomic E-state index is 13.6. The summed E-state index contributed by atoms with van der Waals surface area (Å²) in [5.41, 5.74) is 1.34. The first-order valence-electron chi connectivity index (χ1n) is 11.7. The van der Waals surface area contributed by atoms with Gasteiger partial charge in [0.1, 0.15) is 23.4 Å². The van der Waals surface area contributed by atoms with Crippen LogP contribution in [0.25, 0.3) is 0 Å². The Kier molecular flexibility index (Phi) is 9.28. The zero-order valence-electron chi connectivity index (χ0n) is 21.6. The number of phenolic OH excluding ortho intramolecular Hbond substituents is 1. The van der Waals surface area contributed by atoms with Crippen LogP contribution in [0, 0.1) is 6.92 Å². The van der Waals surface area contributed by atoms with Crippen molar-refractivity contribution in [2.75, 3.05) is 0 Å². The van der Waals surface area contributed by atoms with Crippen molar-refractivity contribution in [3.05, 3.63) is 65.2 Å². The van der Waals surface area contributed by atoms with Gasteiger partial charge in [-0.3, -0.25) is 9.59 Å². The highest BCUT2D eigenvalue weighted by molar-refractivity contribution is 5.92. The average molecular weight is 484 g/mol. The van der Waals surface area contributed by atoms with E-state index in [0.717, 1.165) is 5.56 Å². The van der Waals surface area contributed by atoms with Crippen molar-refractivity contribution in [3.8, 4) is 5.75 Å². The van der Waals surface area contributed by atoms with Gasteiger partial charge in [-0.1, -0.05) is 36.4 Å². The lowest BCUT2D eigenvalue weighted by atomic mass is 9.99. The molecule has 8 heteroatoms. The zero-order valence-corrected chi connectivity index (χ0v) is 21.6. The molecule has 2 aromatic rings. The van der Waals surface area contributed by atoms with Gasteiger partial charge in [0, 0.05) is 12.6 Å². The Morgan fingerprint density at radius 2 is 1.66 bits per heavy atom. The molecule has 8 nitrogen and oxygen atoms in total. The van der Waals surface area contributed by atoms with Crippen LogP contribution in [0.3, 0.4) is 0 Å². The third-order valence-corrected chi connectivity index (χ3v) is 5.29. The summed E-state index contributed by atoms with van der Waals surface area (Å²) in [5.74, 6) is -0.707. The summed E-state index contributed by atoms with van der Waals surface area (Å²) in [6.45, 7) is 12.4. The molecule has 0 bridgehead atoms. The Balaban J connectivity index is 2.37. The molecule has 0 aliphatic rings. The molecule has 35 heavy (non-hydrogen) atoms. The number of aromatic hydroxyl groups is 1. The normalized spacial score (nSPS) is 13.0. The molecule has 0 aromatic heterocycles. The Morgan fingerprint density at radius 1 is 1.03 bits per heavy atom. The molecule has 0 radical (unpaired) electrons. The van der Waals surface area contributed by atoms with Crippen molar-refractivity contribution >= 4 is 17.9 Å². The van der Waals surface area contributed by atoms with Crippen molar-refractivity contribution < 1.29 is 24.2 Å². The first-order valence-corrected chi connectivity index (χ1v) is 11.7. The van der Waals surface area contributed by atoms with Crippen LogP contribution < -0.4 is 10.6 Å². The SMILES string of the molecule is Cc1cc(C(C(=O)NCc2ccccc2)N(C(=O)C(C)NC(=O)OC(C)(C)C)C(C)C)ccc1O. The van der Waals surface area contributed by atoms with Gasteiger partial charge in [-0.25, -0.2) is 4.79 Å². The topological polar surface area (TPSA) is 108 Å². The number of alkyl carbamates (subject to hydrolysis) is 1. The number of carbonyl (C=O) groups is 3. The number of hydrogen-bond donors (Lipinski definition) is 3. The number of amides is 3. The number of phenols is 1. The predicted octanol–water partition coefficient (Wildman–Crippen LogP) is 4.21. The van der Waals surface area contributed by atoms with Crippen LogP contribution in [0.4, 0.5) is 4.79 Å². The molecular weight excluding hydrogens is 446 g/mol. The van der Waals surface area contributed by atoms with Crippen LogP contribution in [-0.4, -0.2) is 45.6 Å². The summed E-state index contributed by atoms with van der Waals surface area (Å²) < 4.78 is 5.28. The second kappa shape index (κ2) is 11.7. The van der Waals surface area contributed by atoms with Crippen molar-refractivity contribution in [3.63, 3.8) is 0 Å². The molecule has 3 N–H and O–H groups in total. The van der Waals surface area contributed by atoms with Gasteiger partial charge in [0.15, 0.2) is 0 Å². The molecule has 0 spiro atoms. The Bertz CT molecular complexity index is 1030. The summed E-state index contributed by atoms with van der Waals surface area (Å²) in [4.78, 5) is 40.8. The predicted molar refractivity (Wildman–Crippen MR) is 135 cm³/mol. The van der Waals surface area contributed by atoms with E-state index in [2.05, 4.69) is 10.6 Å². The van der Waals surface area contributed by atoms with Gasteiger partial charge in [0.05, 0.1) is 0 Å². The monoisotopic (exact) mass is 483 g/mol. The molecule has 2 unspecified atom stereocenters. The second-order valence-electron chi connectivity index (χ2n) is 9.86. The Morgan fingerprint density at radius 3 is 2.20 bits per heavy atom. The van der Waals surface area contributed by atoms with Crippen molar-refractivity contribution in [1.29, 1.82) is 0 Å². The van der Waals surface area contributed by atoms with Crippen LogP contribution >= 0.6 is 0 Å². The molecule has 2 atom stereocenters. The molecule has 2 aromatic carbocycles. The molecule has 0 saturated carbocycles. The van der Waals surface area contributed by atoms with Gasteiger partial charge in [0.2, 0.25) is 11.8 Å². The summed E-state index contributed by atoms with van der Waals surface area (Å²) in [7, 11) is 0. The summed E-state index contributed by atoms with van der Waals surface area (Å²) in [6, 6.07) is 12.0. The van der Waals surface area contributed by atoms with Crippen LogP contribution in [0.15, 0.2) is 48.5 Å². The lowest BCUT2D eigenvalue weighted by Gasteiger charge is -2.36. The highest BCUT2D eigenvalue weighted by Gasteiger charge is 2.36. The van der Waals surface area contributed by atoms with E-state index >= 15 is 0 Å². The van der Waals surface area contributed by atoms with Gasteiger partial charge >= 0.3 is 6.09 Å². The van der Waals surface area contributed by atoms with Crippen LogP contribution in [0.2, 0.25) is 0 Å². The number of nitrogens with zero attached hydrogens (tertiary/aromatic N) is 1. The molecule has 190 valence electrons. The van der Waals surface area contributed by atoms with Crippen LogP contribution in [-0.2, 0) is 20.9 Å². The van der Waals surface area contributed by atoms with E-state index in [4.69, 9.17) is 4.74 Å². The molecule has 3 amide bonds. The smallest absolute Gasteiger partial charge is 0.408 e. The lowest BCUT2D eigenvalue weighted by molar-refractivity contribution is -0.144. The standard InChI is InChI=1S/C27H37N3O5/c1-17(2)30(25(33)19(4)29-26(34)35-27(5,6)7)23(21-13-14-22(31)18(3)15-21)24(32)28-16-20-11-9-8-10-12-20/h8-15,17,19,23,31H,16H2,1-7H3,(H,28,32)(H,29,34). The quantitative estimate of drug-likeness (QED) is 0.521. The maximum absolute atomic E-state index is 13.6. The fraction of sp³-hybridized carbons (Fsp3) is 0.444. The highest BCUT2D eigenvalue weighted by atomic mass is 16.6. The maximum Gasteiger partial charge on any atom is 0.408 e. The number of carbonyl (C=O) groups excluding carboxylic acids is 3. The summed E-state index contributed by atoms with van der Waals surface area (Å²) in [6.07, 6.45) is -0.715. The number of aryl methyl sites for hydroxylation is 1. The van der Waals surface area contributed by atoms with Crippen molar-refractivity contribution in [2.24, 2.45) is 0 Å². The van der Waals surface area contributed by atoms with E-state index in [1.165, 1.54) is 11.0 Å². The average Bonchev–Trinajstić information content (AvgIpc) is 2.76. The van der Waals surface area contributed by atoms with E-state index < -0.39 is 29.7 Å². The minimum atomic E-state index is -0.978. The summed E-state index contributed by atoms with van der Waals surface area (Å²) in [5, 5.41) is 15.5. The molecule has 0 saturated heterocycles. The van der Waals surface area contributed by atoms with E-state index in [-0.39, 0.29) is 17.7 Å². The lowest BCUT2D eigenvalue weighted by Crippen LogP contribution is -2.54. The number of benzene rings is 2. The van der Waals surface area contributed by atoms with Gasteiger partial charge in [-0.05, 0) is 77.3 Å². The van der Waals surface area contributed by atoms with Gasteiger partial charge in [-0.2, -0.15) is 0 Å². The number of ether oxygens (including phenoxy) is 1. The largest absolute Gasteiger partial charge is 0.508 e. The third-order valence-electron chi connectivity index (χ3n) is 5.29. The number of hydrogen-bond acceptors (Lipinski definition) is 5. The fourth-order valence-electron chi connectivity index (χ4n) is 3.62. The van der Waals surface area contributed by atoms with Crippen LogP contribution in [0.1, 0.15) is 64.3 Å². The molecule has 0 heterocycles. The second-order valence-corrected chi connectivity index (χ2v) is 9.86. The minimum Gasteiger partial charge on any atom is -0.508 e. The zero-order chi connectivity index (χ0) is 26.3. The first-order chi connectivity index (χ1) is 16.3. The van der Waals surface area contributed by atoms with Crippen LogP contribution in [0.5, 0.6) is 5.75 Å². The summed E-state index contributed by atoms with van der Waals surface area (Å²) >= 11 is 0. The van der Waals surface area contributed by atoms with E-state index in [9.17, 15) is 19.5 Å². The number of rotatable bonds is 8. The van der Waals surface area contributed by atoms with Crippen molar-refractivity contribution in [1.82, 2.24) is 15.5 Å². The molecule has 2 rings (SSSR count). The van der Waals surface area contributed by atoms with Crippen molar-refractivity contribution in [2.45, 2.75) is 78.7 Å². The van der Waals surface area contributed by atoms with E-state index in [0.29, 0.717) is 17.7 Å². The minimum absolute atomic E-state index is 0.0968. The molecule has 0 aliphatic heterocycles. The molecular formula is C27H37N3O5. The fourth-order valence-corrected chi connectivity index (χ4v) is 3.62. The van der Waals surface area contributed by atoms with Gasteiger partial charge < -0.3 is 25.4 Å². The van der Waals surface area contributed by atoms with Gasteiger partial charge in [-0.15, -0.1) is 0 Å².